The van der Waals surface area contributed by atoms with Gasteiger partial charge < -0.3 is 15.3 Å². The third-order valence-electron chi connectivity index (χ3n) is 2.78. The van der Waals surface area contributed by atoms with E-state index in [2.05, 4.69) is 15.0 Å². The predicted molar refractivity (Wildman–Crippen MR) is 85.4 cm³/mol. The number of amidine groups is 1. The second kappa shape index (κ2) is 9.26. The number of hydrogen-bond acceptors (Lipinski definition) is 5. The van der Waals surface area contributed by atoms with Crippen molar-refractivity contribution in [2.24, 2.45) is 10.9 Å². The van der Waals surface area contributed by atoms with E-state index in [4.69, 9.17) is 10.5 Å². The van der Waals surface area contributed by atoms with Crippen LogP contribution in [0.2, 0.25) is 0 Å². The number of oxime groups is 1. The number of benzene rings is 1. The van der Waals surface area contributed by atoms with E-state index in [1.807, 2.05) is 0 Å². The minimum absolute atomic E-state index is 0.412. The molecule has 2 rings (SSSR count). The van der Waals surface area contributed by atoms with E-state index < -0.39 is 23.3 Å². The summed E-state index contributed by atoms with van der Waals surface area (Å²) in [6.45, 7) is 0. The summed E-state index contributed by atoms with van der Waals surface area (Å²) in [4.78, 5) is 18.0. The van der Waals surface area contributed by atoms with Crippen LogP contribution in [0.25, 0.3) is 0 Å². The Bertz CT molecular complexity index is 734. The van der Waals surface area contributed by atoms with Gasteiger partial charge in [-0.3, -0.25) is 9.78 Å². The summed E-state index contributed by atoms with van der Waals surface area (Å²) in [6, 6.07) is 9.05. The summed E-state index contributed by atoms with van der Waals surface area (Å²) in [6.07, 6.45) is -2.53. The number of hydrogen-bond donors (Lipinski definition) is 1. The third kappa shape index (κ3) is 6.13. The number of aldehydes is 1. The molecule has 0 aliphatic rings. The van der Waals surface area contributed by atoms with Crippen LogP contribution < -0.4 is 10.5 Å². The Morgan fingerprint density at radius 1 is 1.24 bits per heavy atom. The number of pyridine rings is 1. The largest absolute Gasteiger partial charge is 0.497 e. The zero-order chi connectivity index (χ0) is 18.9. The fourth-order valence-electron chi connectivity index (χ4n) is 1.69. The molecule has 1 heterocycles. The quantitative estimate of drug-likeness (QED) is 0.394. The number of ether oxygens (including phenoxy) is 1. The molecule has 0 radical (unpaired) electrons. The van der Waals surface area contributed by atoms with Gasteiger partial charge in [-0.15, -0.1) is 0 Å². The van der Waals surface area contributed by atoms with E-state index in [1.54, 1.807) is 31.4 Å². The second-order valence-electron chi connectivity index (χ2n) is 4.45. The molecule has 2 aromatic rings. The van der Waals surface area contributed by atoms with Gasteiger partial charge in [0.1, 0.15) is 24.8 Å². The van der Waals surface area contributed by atoms with Crippen molar-refractivity contribution < 1.29 is 27.5 Å². The lowest BCUT2D eigenvalue weighted by Crippen LogP contribution is -2.21. The highest BCUT2D eigenvalue weighted by molar-refractivity contribution is 5.96. The number of methoxy groups -OCH3 is 1. The Labute approximate surface area is 142 Å². The number of carbonyl (C=O) groups is 1. The maximum absolute atomic E-state index is 12.5. The van der Waals surface area contributed by atoms with Gasteiger partial charge in [-0.05, 0) is 24.3 Å². The summed E-state index contributed by atoms with van der Waals surface area (Å²) in [5.41, 5.74) is 4.52. The van der Waals surface area contributed by atoms with Crippen LogP contribution >= 0.6 is 0 Å². The SMILES string of the molecule is CO/N=C(\N)c1ncccc1C(F)(F)F.COc1cccc(C=O)c1. The van der Waals surface area contributed by atoms with Gasteiger partial charge in [0, 0.05) is 11.8 Å². The Morgan fingerprint density at radius 3 is 2.52 bits per heavy atom. The first kappa shape index (κ1) is 19.9. The summed E-state index contributed by atoms with van der Waals surface area (Å²) in [5, 5.41) is 3.20. The number of nitrogens with zero attached hydrogens (tertiary/aromatic N) is 2. The number of aromatic nitrogens is 1. The number of halogens is 3. The Hall–Kier alpha value is -3.10. The molecule has 6 nitrogen and oxygen atoms in total. The molecule has 0 bridgehead atoms. The van der Waals surface area contributed by atoms with Crippen LogP contribution in [-0.4, -0.2) is 31.3 Å². The normalized spacial score (nSPS) is 11.2. The Balaban J connectivity index is 0.000000271. The van der Waals surface area contributed by atoms with Gasteiger partial charge >= 0.3 is 6.18 Å². The van der Waals surface area contributed by atoms with Gasteiger partial charge in [-0.2, -0.15) is 13.2 Å². The summed E-state index contributed by atoms with van der Waals surface area (Å²) < 4.78 is 42.3. The first-order valence-electron chi connectivity index (χ1n) is 6.82. The molecule has 2 N–H and O–H groups in total. The minimum atomic E-state index is -4.52. The summed E-state index contributed by atoms with van der Waals surface area (Å²) in [5.74, 6) is 0.301. The molecule has 25 heavy (non-hydrogen) atoms. The molecular weight excluding hydrogens is 339 g/mol. The van der Waals surface area contributed by atoms with Gasteiger partial charge in [0.2, 0.25) is 0 Å². The fourth-order valence-corrected chi connectivity index (χ4v) is 1.69. The summed E-state index contributed by atoms with van der Waals surface area (Å²) >= 11 is 0. The highest BCUT2D eigenvalue weighted by Crippen LogP contribution is 2.30. The van der Waals surface area contributed by atoms with Crippen LogP contribution in [0.15, 0.2) is 47.8 Å². The highest BCUT2D eigenvalue weighted by atomic mass is 19.4. The number of nitrogens with two attached hydrogens (primary N) is 1. The average molecular weight is 355 g/mol. The van der Waals surface area contributed by atoms with Crippen LogP contribution in [0.4, 0.5) is 13.2 Å². The van der Waals surface area contributed by atoms with E-state index in [9.17, 15) is 18.0 Å². The molecule has 134 valence electrons. The molecule has 0 amide bonds. The maximum Gasteiger partial charge on any atom is 0.418 e. The van der Waals surface area contributed by atoms with E-state index >= 15 is 0 Å². The van der Waals surface area contributed by atoms with Crippen LogP contribution in [-0.2, 0) is 11.0 Å². The van der Waals surface area contributed by atoms with Crippen LogP contribution in [0.5, 0.6) is 5.75 Å². The highest BCUT2D eigenvalue weighted by Gasteiger charge is 2.34. The predicted octanol–water partition coefficient (Wildman–Crippen LogP) is 2.87. The molecule has 0 saturated carbocycles. The van der Waals surface area contributed by atoms with Crippen molar-refractivity contribution in [3.63, 3.8) is 0 Å². The molecule has 0 aliphatic carbocycles. The molecule has 0 saturated heterocycles. The van der Waals surface area contributed by atoms with Crippen molar-refractivity contribution in [1.82, 2.24) is 4.98 Å². The Kier molecular flexibility index (Phi) is 7.39. The molecule has 0 aliphatic heterocycles. The zero-order valence-corrected chi connectivity index (χ0v) is 13.4. The molecular formula is C16H16F3N3O3. The molecule has 0 atom stereocenters. The molecule has 0 fully saturated rings. The van der Waals surface area contributed by atoms with E-state index in [0.29, 0.717) is 11.3 Å². The standard InChI is InChI=1S/C8H8F3N3O.C8H8O2/c1-15-14-7(12)6-5(8(9,10)11)3-2-4-13-6;1-10-8-4-2-3-7(5-8)6-9/h2-4H,1H3,(H2,12,14);2-6H,1H3. The van der Waals surface area contributed by atoms with Gasteiger partial charge in [0.15, 0.2) is 5.84 Å². The number of carbonyl (C=O) groups excluding carboxylic acids is 1. The average Bonchev–Trinajstić information content (AvgIpc) is 2.61. The lowest BCUT2D eigenvalue weighted by atomic mass is 10.2. The Morgan fingerprint density at radius 2 is 1.96 bits per heavy atom. The van der Waals surface area contributed by atoms with Crippen molar-refractivity contribution in [3.8, 4) is 5.75 Å². The first-order chi connectivity index (χ1) is 11.8. The lowest BCUT2D eigenvalue weighted by molar-refractivity contribution is -0.138. The minimum Gasteiger partial charge on any atom is -0.497 e. The topological polar surface area (TPSA) is 86.8 Å². The van der Waals surface area contributed by atoms with Gasteiger partial charge in [0.25, 0.3) is 0 Å². The third-order valence-corrected chi connectivity index (χ3v) is 2.78. The fraction of sp³-hybridized carbons (Fsp3) is 0.188. The van der Waals surface area contributed by atoms with Crippen LogP contribution in [0.1, 0.15) is 21.6 Å². The zero-order valence-electron chi connectivity index (χ0n) is 13.4. The maximum atomic E-state index is 12.5. The van der Waals surface area contributed by atoms with Crippen molar-refractivity contribution >= 4 is 12.1 Å². The van der Waals surface area contributed by atoms with Crippen LogP contribution in [0, 0.1) is 0 Å². The molecule has 0 spiro atoms. The van der Waals surface area contributed by atoms with Crippen molar-refractivity contribution in [2.45, 2.75) is 6.18 Å². The van der Waals surface area contributed by atoms with Crippen molar-refractivity contribution in [2.75, 3.05) is 14.2 Å². The molecule has 0 unspecified atom stereocenters. The van der Waals surface area contributed by atoms with Gasteiger partial charge in [-0.25, -0.2) is 0 Å². The van der Waals surface area contributed by atoms with Gasteiger partial charge in [0.05, 0.1) is 12.7 Å². The van der Waals surface area contributed by atoms with Crippen molar-refractivity contribution in [1.29, 1.82) is 0 Å². The van der Waals surface area contributed by atoms with Crippen molar-refractivity contribution in [3.05, 3.63) is 59.4 Å². The molecule has 9 heteroatoms. The number of rotatable bonds is 4. The van der Waals surface area contributed by atoms with E-state index in [-0.39, 0.29) is 0 Å². The lowest BCUT2D eigenvalue weighted by Gasteiger charge is -2.10. The molecule has 1 aromatic heterocycles. The van der Waals surface area contributed by atoms with Gasteiger partial charge in [-0.1, -0.05) is 17.3 Å². The first-order valence-corrected chi connectivity index (χ1v) is 6.82. The number of alkyl halides is 3. The van der Waals surface area contributed by atoms with E-state index in [1.165, 1.54) is 19.4 Å². The smallest absolute Gasteiger partial charge is 0.418 e. The monoisotopic (exact) mass is 355 g/mol. The second-order valence-corrected chi connectivity index (χ2v) is 4.45. The summed E-state index contributed by atoms with van der Waals surface area (Å²) in [7, 11) is 2.76. The van der Waals surface area contributed by atoms with Crippen LogP contribution in [0.3, 0.4) is 0 Å². The molecule has 1 aromatic carbocycles. The van der Waals surface area contributed by atoms with E-state index in [0.717, 1.165) is 12.4 Å².